The highest BCUT2D eigenvalue weighted by Gasteiger charge is 2.46. The first kappa shape index (κ1) is 27.1. The van der Waals surface area contributed by atoms with Gasteiger partial charge < -0.3 is 9.41 Å². The summed E-state index contributed by atoms with van der Waals surface area (Å²) in [5.41, 5.74) is 0.122. The van der Waals surface area contributed by atoms with Crippen molar-refractivity contribution in [3.63, 3.8) is 0 Å². The smallest absolute Gasteiger partial charge is 0.379 e. The highest BCUT2D eigenvalue weighted by atomic mass is 31.2. The first-order valence-corrected chi connectivity index (χ1v) is 14.0. The molecular formula is C26H26F4N7OP. The van der Waals surface area contributed by atoms with Crippen molar-refractivity contribution in [2.45, 2.75) is 26.1 Å². The van der Waals surface area contributed by atoms with Crippen molar-refractivity contribution in [2.75, 3.05) is 33.4 Å². The van der Waals surface area contributed by atoms with E-state index in [1.54, 1.807) is 30.8 Å². The van der Waals surface area contributed by atoms with Gasteiger partial charge in [-0.1, -0.05) is 12.1 Å². The minimum absolute atomic E-state index is 0.169. The third-order valence-corrected chi connectivity index (χ3v) is 10.5. The maximum absolute atomic E-state index is 14.2. The van der Waals surface area contributed by atoms with Gasteiger partial charge in [-0.3, -0.25) is 0 Å². The molecule has 2 aliphatic heterocycles. The molecule has 8 nitrogen and oxygen atoms in total. The summed E-state index contributed by atoms with van der Waals surface area (Å²) in [5.74, 6) is 0.438. The van der Waals surface area contributed by atoms with Crippen molar-refractivity contribution in [1.29, 1.82) is 5.26 Å². The quantitative estimate of drug-likeness (QED) is 0.300. The molecule has 0 amide bonds. The van der Waals surface area contributed by atoms with Gasteiger partial charge in [-0.2, -0.15) is 23.5 Å². The van der Waals surface area contributed by atoms with E-state index < -0.39 is 24.9 Å². The van der Waals surface area contributed by atoms with Crippen LogP contribution in [0.2, 0.25) is 0 Å². The Morgan fingerprint density at radius 3 is 2.46 bits per heavy atom. The van der Waals surface area contributed by atoms with E-state index in [-0.39, 0.29) is 18.7 Å². The SMILES string of the molecule is Cc1nn(CCC#N)c2c1[P@](=Nc1ccccc1C(F)(F)F)(N1CCOCC1)N(C)C(c1ccc(F)cc1)=N2. The Balaban J connectivity index is 1.88. The van der Waals surface area contributed by atoms with Crippen LogP contribution < -0.4 is 5.30 Å². The third kappa shape index (κ3) is 4.86. The molecule has 2 aliphatic rings. The molecule has 0 N–H and O–H groups in total. The van der Waals surface area contributed by atoms with Crippen LogP contribution in [0.5, 0.6) is 0 Å². The molecule has 0 saturated carbocycles. The van der Waals surface area contributed by atoms with E-state index in [0.29, 0.717) is 54.5 Å². The average molecular weight is 560 g/mol. The summed E-state index contributed by atoms with van der Waals surface area (Å²) in [5, 5.41) is 14.5. The molecule has 204 valence electrons. The second-order valence-corrected chi connectivity index (χ2v) is 12.1. The summed E-state index contributed by atoms with van der Waals surface area (Å²) >= 11 is 0. The van der Waals surface area contributed by atoms with E-state index in [1.807, 2.05) is 4.67 Å². The number of ether oxygens (including phenoxy) is 1. The molecule has 0 aliphatic carbocycles. The Hall–Kier alpha value is -3.52. The summed E-state index contributed by atoms with van der Waals surface area (Å²) < 4.78 is 72.5. The number of rotatable bonds is 5. The number of benzene rings is 2. The average Bonchev–Trinajstić information content (AvgIpc) is 3.24. The number of hydrogen-bond donors (Lipinski definition) is 0. The molecule has 3 heterocycles. The number of aromatic nitrogens is 2. The number of fused-ring (bicyclic) bond motifs is 1. The monoisotopic (exact) mass is 559 g/mol. The summed E-state index contributed by atoms with van der Waals surface area (Å²) in [6, 6.07) is 13.2. The lowest BCUT2D eigenvalue weighted by molar-refractivity contribution is -0.137. The molecule has 1 atom stereocenters. The number of amidine groups is 1. The molecule has 2 aromatic carbocycles. The minimum atomic E-state index is -4.62. The zero-order valence-electron chi connectivity index (χ0n) is 21.4. The molecule has 5 rings (SSSR count). The van der Waals surface area contributed by atoms with E-state index >= 15 is 0 Å². The second-order valence-electron chi connectivity index (χ2n) is 9.10. The van der Waals surface area contributed by atoms with Gasteiger partial charge in [-0.15, -0.1) is 0 Å². The van der Waals surface area contributed by atoms with Crippen molar-refractivity contribution >= 4 is 30.0 Å². The maximum Gasteiger partial charge on any atom is 0.418 e. The number of nitrogens with zero attached hydrogens (tertiary/aromatic N) is 7. The molecule has 3 aromatic rings. The van der Waals surface area contributed by atoms with E-state index in [9.17, 15) is 22.8 Å². The van der Waals surface area contributed by atoms with Gasteiger partial charge in [0.1, 0.15) is 11.7 Å². The van der Waals surface area contributed by atoms with Crippen molar-refractivity contribution in [3.05, 3.63) is 71.2 Å². The highest BCUT2D eigenvalue weighted by Crippen LogP contribution is 2.62. The molecule has 0 bridgehead atoms. The molecule has 1 saturated heterocycles. The Labute approximate surface area is 223 Å². The molecule has 0 unspecified atom stereocenters. The summed E-state index contributed by atoms with van der Waals surface area (Å²) in [6.45, 7) is 3.65. The fourth-order valence-corrected chi connectivity index (χ4v) is 8.79. The number of morpholine rings is 1. The number of halogens is 4. The fraction of sp³-hybridized carbons (Fsp3) is 0.346. The van der Waals surface area contributed by atoms with Gasteiger partial charge in [0, 0.05) is 25.7 Å². The minimum Gasteiger partial charge on any atom is -0.379 e. The van der Waals surface area contributed by atoms with Gasteiger partial charge in [0.05, 0.1) is 54.5 Å². The molecule has 39 heavy (non-hydrogen) atoms. The zero-order chi connectivity index (χ0) is 27.8. The number of alkyl halides is 3. The molecule has 0 spiro atoms. The summed E-state index contributed by atoms with van der Waals surface area (Å²) in [4.78, 5) is 4.90. The Bertz CT molecular complexity index is 1500. The lowest BCUT2D eigenvalue weighted by Gasteiger charge is -2.46. The lowest BCUT2D eigenvalue weighted by Crippen LogP contribution is -2.45. The van der Waals surface area contributed by atoms with Gasteiger partial charge in [-0.05, 0) is 43.3 Å². The van der Waals surface area contributed by atoms with E-state index in [4.69, 9.17) is 14.5 Å². The van der Waals surface area contributed by atoms with Crippen LogP contribution in [0.15, 0.2) is 58.3 Å². The molecule has 1 aromatic heterocycles. The van der Waals surface area contributed by atoms with Crippen LogP contribution in [0, 0.1) is 24.1 Å². The predicted octanol–water partition coefficient (Wildman–Crippen LogP) is 5.61. The summed E-state index contributed by atoms with van der Waals surface area (Å²) in [7, 11) is -1.46. The van der Waals surface area contributed by atoms with Crippen LogP contribution >= 0.6 is 7.36 Å². The van der Waals surface area contributed by atoms with Gasteiger partial charge in [-0.25, -0.2) is 23.5 Å². The lowest BCUT2D eigenvalue weighted by atomic mass is 10.2. The van der Waals surface area contributed by atoms with Crippen LogP contribution in [-0.4, -0.2) is 58.3 Å². The standard InChI is InChI=1S/C26H26F4N7OP/c1-18-23-25(37(33-18)13-5-12-31)32-24(19-8-10-20(27)11-9-19)35(2)39(23,36-14-16-38-17-15-36)34-22-7-4-3-6-21(22)26(28,29)30/h3-4,6-11H,5,13-17H2,1-2H3/t39-/m1/s1. The molecule has 13 heteroatoms. The van der Waals surface area contributed by atoms with Gasteiger partial charge in [0.15, 0.2) is 13.2 Å². The number of nitriles is 1. The second kappa shape index (κ2) is 10.6. The topological polar surface area (TPSA) is 82.0 Å². The third-order valence-electron chi connectivity index (χ3n) is 6.68. The summed E-state index contributed by atoms with van der Waals surface area (Å²) in [6.07, 6.45) is -4.45. The van der Waals surface area contributed by atoms with Crippen LogP contribution in [0.25, 0.3) is 0 Å². The normalized spacial score (nSPS) is 19.8. The van der Waals surface area contributed by atoms with Crippen LogP contribution in [0.3, 0.4) is 0 Å². The number of hydrogen-bond acceptors (Lipinski definition) is 5. The zero-order valence-corrected chi connectivity index (χ0v) is 22.3. The van der Waals surface area contributed by atoms with Crippen LogP contribution in [0.4, 0.5) is 29.1 Å². The van der Waals surface area contributed by atoms with Crippen LogP contribution in [-0.2, 0) is 17.5 Å². The molecular weight excluding hydrogens is 533 g/mol. The van der Waals surface area contributed by atoms with Gasteiger partial charge >= 0.3 is 6.18 Å². The molecule has 1 fully saturated rings. The Morgan fingerprint density at radius 2 is 1.79 bits per heavy atom. The predicted molar refractivity (Wildman–Crippen MR) is 140 cm³/mol. The van der Waals surface area contributed by atoms with E-state index in [1.165, 1.54) is 30.3 Å². The highest BCUT2D eigenvalue weighted by molar-refractivity contribution is 7.70. The first-order chi connectivity index (χ1) is 18.7. The van der Waals surface area contributed by atoms with E-state index in [0.717, 1.165) is 6.07 Å². The molecule has 0 radical (unpaired) electrons. The number of aliphatic imine (C=N–C) groups is 1. The fourth-order valence-electron chi connectivity index (χ4n) is 4.93. The van der Waals surface area contributed by atoms with Crippen molar-refractivity contribution in [2.24, 2.45) is 9.74 Å². The van der Waals surface area contributed by atoms with Gasteiger partial charge in [0.2, 0.25) is 0 Å². The first-order valence-electron chi connectivity index (χ1n) is 12.3. The maximum atomic E-state index is 14.2. The van der Waals surface area contributed by atoms with E-state index in [2.05, 4.69) is 15.8 Å². The van der Waals surface area contributed by atoms with Crippen molar-refractivity contribution in [3.8, 4) is 6.07 Å². The van der Waals surface area contributed by atoms with Crippen molar-refractivity contribution in [1.82, 2.24) is 19.1 Å². The number of aryl methyl sites for hydroxylation is 2. The van der Waals surface area contributed by atoms with Crippen molar-refractivity contribution < 1.29 is 22.3 Å². The van der Waals surface area contributed by atoms with Gasteiger partial charge in [0.25, 0.3) is 0 Å². The Morgan fingerprint density at radius 1 is 1.10 bits per heavy atom. The Kier molecular flexibility index (Phi) is 7.33. The largest absolute Gasteiger partial charge is 0.418 e. The van der Waals surface area contributed by atoms with Crippen LogP contribution in [0.1, 0.15) is 23.2 Å².